The summed E-state index contributed by atoms with van der Waals surface area (Å²) in [5, 5.41) is 0. The molecule has 5 aliphatic rings. The van der Waals surface area contributed by atoms with Gasteiger partial charge in [-0.25, -0.2) is 9.97 Å². The molecule has 0 fully saturated rings. The molecule has 0 N–H and O–H groups in total. The fraction of sp³-hybridized carbons (Fsp3) is 0.0806. The van der Waals surface area contributed by atoms with Gasteiger partial charge in [0.25, 0.3) is 0 Å². The Labute approximate surface area is 387 Å². The zero-order valence-electron chi connectivity index (χ0n) is 37.0. The van der Waals surface area contributed by atoms with E-state index in [1.807, 2.05) is 0 Å². The van der Waals surface area contributed by atoms with Gasteiger partial charge < -0.3 is 9.80 Å². The number of allylic oxidation sites excluding steroid dienone is 9. The highest BCUT2D eigenvalue weighted by atomic mass is 15.1. The smallest absolute Gasteiger partial charge is 0.160 e. The van der Waals surface area contributed by atoms with Crippen LogP contribution in [-0.4, -0.2) is 19.8 Å². The van der Waals surface area contributed by atoms with Crippen LogP contribution in [0.3, 0.4) is 0 Å². The second kappa shape index (κ2) is 16.0. The van der Waals surface area contributed by atoms with Gasteiger partial charge in [0.2, 0.25) is 0 Å². The Morgan fingerprint density at radius 1 is 0.470 bits per heavy atom. The van der Waals surface area contributed by atoms with Gasteiger partial charge in [0, 0.05) is 46.6 Å². The molecule has 4 aliphatic heterocycles. The van der Waals surface area contributed by atoms with Crippen LogP contribution in [0.25, 0.3) is 67.6 Å². The summed E-state index contributed by atoms with van der Waals surface area (Å²) < 4.78 is 0. The molecule has 0 amide bonds. The van der Waals surface area contributed by atoms with Gasteiger partial charge >= 0.3 is 0 Å². The van der Waals surface area contributed by atoms with Crippen LogP contribution in [-0.2, 0) is 5.41 Å². The minimum absolute atomic E-state index is 0.149. The molecule has 12 rings (SSSR count). The molecule has 0 spiro atoms. The van der Waals surface area contributed by atoms with Gasteiger partial charge in [0.05, 0.1) is 28.5 Å². The molecule has 0 unspecified atom stereocenters. The van der Waals surface area contributed by atoms with Crippen LogP contribution in [0.4, 0.5) is 0 Å². The molecular weight excluding hydrogens is 801 g/mol. The van der Waals surface area contributed by atoms with Crippen LogP contribution < -0.4 is 0 Å². The van der Waals surface area contributed by atoms with Crippen LogP contribution in [0.1, 0.15) is 60.1 Å². The quantitative estimate of drug-likeness (QED) is 0.150. The van der Waals surface area contributed by atoms with Crippen molar-refractivity contribution < 1.29 is 0 Å². The average molecular weight is 847 g/mol. The summed E-state index contributed by atoms with van der Waals surface area (Å²) in [6, 6.07) is 57.0. The number of nitrogens with zero attached hydrogens (tertiary/aromatic N) is 4. The normalized spacial score (nSPS) is 16.4. The summed E-state index contributed by atoms with van der Waals surface area (Å²) in [7, 11) is 0. The van der Waals surface area contributed by atoms with Crippen LogP contribution in [0.15, 0.2) is 236 Å². The summed E-state index contributed by atoms with van der Waals surface area (Å²) in [4.78, 5) is 15.3. The monoisotopic (exact) mass is 846 g/mol. The lowest BCUT2D eigenvalue weighted by Gasteiger charge is -2.33. The predicted octanol–water partition coefficient (Wildman–Crippen LogP) is 15.0. The van der Waals surface area contributed by atoms with E-state index in [4.69, 9.17) is 9.97 Å². The van der Waals surface area contributed by atoms with Crippen molar-refractivity contribution in [2.75, 3.05) is 0 Å². The largest absolute Gasteiger partial charge is 0.317 e. The van der Waals surface area contributed by atoms with Crippen molar-refractivity contribution in [3.05, 3.63) is 269 Å². The first-order chi connectivity index (χ1) is 32.5. The predicted molar refractivity (Wildman–Crippen MR) is 272 cm³/mol. The van der Waals surface area contributed by atoms with Crippen LogP contribution >= 0.6 is 0 Å². The first-order valence-corrected chi connectivity index (χ1v) is 22.8. The SMILES string of the molecule is CC1(C)c2ccccc2-c2ccc(-c3nc(-c4ccc(C5=C(c6ccccc6)CC=C=C6C=CC=CN65)cc4)cc(-c4ccc(C5=C(c6ccccc6)CC=C6C=CC=CN65)cc4)n3)cc21. The van der Waals surface area contributed by atoms with E-state index in [1.165, 1.54) is 55.9 Å². The van der Waals surface area contributed by atoms with Crippen molar-refractivity contribution in [3.8, 4) is 45.0 Å². The number of hydrogen-bond donors (Lipinski definition) is 0. The zero-order chi connectivity index (χ0) is 44.2. The Kier molecular flexibility index (Phi) is 9.56. The minimum atomic E-state index is -0.149. The van der Waals surface area contributed by atoms with Crippen LogP contribution in [0.2, 0.25) is 0 Å². The Morgan fingerprint density at radius 2 is 1.02 bits per heavy atom. The molecule has 0 radical (unpaired) electrons. The lowest BCUT2D eigenvalue weighted by atomic mass is 9.82. The molecule has 0 saturated carbocycles. The van der Waals surface area contributed by atoms with E-state index in [-0.39, 0.29) is 5.41 Å². The topological polar surface area (TPSA) is 32.3 Å². The van der Waals surface area contributed by atoms with E-state index in [2.05, 4.69) is 248 Å². The summed E-state index contributed by atoms with van der Waals surface area (Å²) in [6.07, 6.45) is 23.1. The maximum Gasteiger partial charge on any atom is 0.160 e. The molecule has 1 aromatic heterocycles. The van der Waals surface area contributed by atoms with Gasteiger partial charge in [0.15, 0.2) is 5.82 Å². The van der Waals surface area contributed by atoms with Gasteiger partial charge in [-0.3, -0.25) is 0 Å². The van der Waals surface area contributed by atoms with Crippen molar-refractivity contribution in [2.45, 2.75) is 32.1 Å². The second-order valence-corrected chi connectivity index (χ2v) is 17.8. The third-order valence-electron chi connectivity index (χ3n) is 13.6. The number of fused-ring (bicyclic) bond motifs is 5. The van der Waals surface area contributed by atoms with Gasteiger partial charge in [-0.05, 0) is 105 Å². The zero-order valence-corrected chi connectivity index (χ0v) is 37.0. The molecule has 0 bridgehead atoms. The lowest BCUT2D eigenvalue weighted by Crippen LogP contribution is -2.20. The Balaban J connectivity index is 0.975. The molecule has 1 aliphatic carbocycles. The van der Waals surface area contributed by atoms with Crippen LogP contribution in [0, 0.1) is 0 Å². The third-order valence-corrected chi connectivity index (χ3v) is 13.6. The van der Waals surface area contributed by atoms with Crippen LogP contribution in [0.5, 0.6) is 0 Å². The molecule has 0 atom stereocenters. The average Bonchev–Trinajstić information content (AvgIpc) is 3.47. The number of hydrogen-bond acceptors (Lipinski definition) is 4. The van der Waals surface area contributed by atoms with Gasteiger partial charge in [-0.15, -0.1) is 0 Å². The molecule has 6 aromatic carbocycles. The fourth-order valence-electron chi connectivity index (χ4n) is 10.3. The molecular formula is C62H46N4. The highest BCUT2D eigenvalue weighted by Gasteiger charge is 2.35. The van der Waals surface area contributed by atoms with E-state index in [0.717, 1.165) is 63.4 Å². The Hall–Kier alpha value is -8.30. The van der Waals surface area contributed by atoms with E-state index >= 15 is 0 Å². The maximum atomic E-state index is 5.38. The molecule has 5 heterocycles. The third kappa shape index (κ3) is 6.79. The minimum Gasteiger partial charge on any atom is -0.317 e. The van der Waals surface area contributed by atoms with Crippen molar-refractivity contribution in [2.24, 2.45) is 0 Å². The van der Waals surface area contributed by atoms with Crippen molar-refractivity contribution >= 4 is 22.5 Å². The first-order valence-electron chi connectivity index (χ1n) is 22.8. The molecule has 7 aromatic rings. The summed E-state index contributed by atoms with van der Waals surface area (Å²) in [5.74, 6) is 0.704. The molecule has 0 saturated heterocycles. The van der Waals surface area contributed by atoms with Crippen molar-refractivity contribution in [1.82, 2.24) is 19.8 Å². The van der Waals surface area contributed by atoms with E-state index in [0.29, 0.717) is 5.82 Å². The standard InChI is InChI=1S/C62H46N4/c1-62(2)55-25-10-9-23-53(55)54-36-34-48(40-56(54)62)61-63-57(44-26-30-46(31-27-44)59-51(42-16-5-3-6-17-42)24-15-22-49-20-11-13-38-65(49)59)41-58(64-61)45-28-32-47(33-29-45)60-52(43-18-7-4-8-19-43)37-35-50-21-12-14-39-66(50)60/h3-21,23,25-36,38-41H,24,37H2,1-2H3. The van der Waals surface area contributed by atoms with Gasteiger partial charge in [-0.2, -0.15) is 0 Å². The lowest BCUT2D eigenvalue weighted by molar-refractivity contribution is 0.660. The first kappa shape index (κ1) is 39.3. The summed E-state index contributed by atoms with van der Waals surface area (Å²) >= 11 is 0. The van der Waals surface area contributed by atoms with Crippen molar-refractivity contribution in [1.29, 1.82) is 0 Å². The van der Waals surface area contributed by atoms with Gasteiger partial charge in [0.1, 0.15) is 0 Å². The fourth-order valence-corrected chi connectivity index (χ4v) is 10.3. The van der Waals surface area contributed by atoms with Crippen molar-refractivity contribution in [3.63, 3.8) is 0 Å². The molecule has 314 valence electrons. The Bertz CT molecular complexity index is 3380. The molecule has 4 nitrogen and oxygen atoms in total. The Morgan fingerprint density at radius 3 is 1.70 bits per heavy atom. The number of aromatic nitrogens is 2. The highest BCUT2D eigenvalue weighted by molar-refractivity contribution is 5.95. The number of rotatable bonds is 7. The van der Waals surface area contributed by atoms with E-state index in [1.54, 1.807) is 0 Å². The molecule has 4 heteroatoms. The maximum absolute atomic E-state index is 5.38. The second-order valence-electron chi connectivity index (χ2n) is 17.8. The van der Waals surface area contributed by atoms with Gasteiger partial charge in [-0.1, -0.05) is 183 Å². The van der Waals surface area contributed by atoms with E-state index in [9.17, 15) is 0 Å². The van der Waals surface area contributed by atoms with E-state index < -0.39 is 0 Å². The molecule has 66 heavy (non-hydrogen) atoms. The highest BCUT2D eigenvalue weighted by Crippen LogP contribution is 2.50. The summed E-state index contributed by atoms with van der Waals surface area (Å²) in [5.41, 5.74) is 25.3. The summed E-state index contributed by atoms with van der Waals surface area (Å²) in [6.45, 7) is 4.65. The number of benzene rings is 6.